The molecule has 1 atom stereocenters. The molecule has 1 saturated heterocycles. The Balaban J connectivity index is 2.22. The zero-order valence-corrected chi connectivity index (χ0v) is 10.3. The molecule has 1 fully saturated rings. The number of anilines is 1. The Hall–Kier alpha value is -1.09. The number of hydrogen-bond acceptors (Lipinski definition) is 3. The third-order valence-electron chi connectivity index (χ3n) is 3.41. The molecule has 3 heteroatoms. The predicted molar refractivity (Wildman–Crippen MR) is 65.5 cm³/mol. The van der Waals surface area contributed by atoms with Gasteiger partial charge < -0.3 is 10.0 Å². The fourth-order valence-corrected chi connectivity index (χ4v) is 2.39. The molecule has 2 rings (SSSR count). The molecule has 0 aliphatic carbocycles. The van der Waals surface area contributed by atoms with Crippen LogP contribution in [0.5, 0.6) is 0 Å². The lowest BCUT2D eigenvalue weighted by atomic mass is 10.0. The van der Waals surface area contributed by atoms with E-state index in [0.29, 0.717) is 0 Å². The van der Waals surface area contributed by atoms with E-state index >= 15 is 0 Å². The van der Waals surface area contributed by atoms with Gasteiger partial charge in [-0.25, -0.2) is 0 Å². The first kappa shape index (κ1) is 11.4. The van der Waals surface area contributed by atoms with Crippen molar-refractivity contribution in [2.24, 2.45) is 0 Å². The number of aromatic nitrogens is 1. The van der Waals surface area contributed by atoms with E-state index in [4.69, 9.17) is 0 Å². The second-order valence-corrected chi connectivity index (χ2v) is 5.18. The van der Waals surface area contributed by atoms with Gasteiger partial charge >= 0.3 is 0 Å². The summed E-state index contributed by atoms with van der Waals surface area (Å²) in [6.45, 7) is 7.37. The topological polar surface area (TPSA) is 36.4 Å². The molecule has 0 bridgehead atoms. The van der Waals surface area contributed by atoms with Gasteiger partial charge in [0.2, 0.25) is 0 Å². The second-order valence-electron chi connectivity index (χ2n) is 5.18. The van der Waals surface area contributed by atoms with Crippen molar-refractivity contribution in [2.45, 2.75) is 45.3 Å². The molecule has 16 heavy (non-hydrogen) atoms. The van der Waals surface area contributed by atoms with Crippen molar-refractivity contribution < 1.29 is 5.11 Å². The van der Waals surface area contributed by atoms with Crippen LogP contribution in [0.2, 0.25) is 0 Å². The highest BCUT2D eigenvalue weighted by molar-refractivity contribution is 5.48. The molecular formula is C13H20N2O. The quantitative estimate of drug-likeness (QED) is 0.832. The third-order valence-corrected chi connectivity index (χ3v) is 3.41. The van der Waals surface area contributed by atoms with E-state index in [1.54, 1.807) is 6.92 Å². The zero-order chi connectivity index (χ0) is 11.8. The van der Waals surface area contributed by atoms with Gasteiger partial charge in [-0.2, -0.15) is 0 Å². The first-order valence-corrected chi connectivity index (χ1v) is 5.92. The molecular weight excluding hydrogens is 200 g/mol. The van der Waals surface area contributed by atoms with Gasteiger partial charge in [0.25, 0.3) is 0 Å². The van der Waals surface area contributed by atoms with Crippen LogP contribution in [0.1, 0.15) is 45.4 Å². The molecule has 1 aliphatic rings. The summed E-state index contributed by atoms with van der Waals surface area (Å²) in [5.41, 5.74) is 2.13. The van der Waals surface area contributed by atoms with E-state index in [1.165, 1.54) is 12.8 Å². The normalized spacial score (nSPS) is 21.1. The van der Waals surface area contributed by atoms with Crippen LogP contribution in [0, 0.1) is 0 Å². The molecule has 88 valence electrons. The van der Waals surface area contributed by atoms with Crippen molar-refractivity contribution in [1.82, 2.24) is 4.98 Å². The van der Waals surface area contributed by atoms with Gasteiger partial charge in [-0.3, -0.25) is 4.98 Å². The Bertz CT molecular complexity index is 357. The van der Waals surface area contributed by atoms with Crippen LogP contribution < -0.4 is 4.90 Å². The van der Waals surface area contributed by atoms with E-state index in [1.807, 2.05) is 12.3 Å². The van der Waals surface area contributed by atoms with Gasteiger partial charge in [0, 0.05) is 12.1 Å². The van der Waals surface area contributed by atoms with Crippen molar-refractivity contribution in [3.8, 4) is 0 Å². The van der Waals surface area contributed by atoms with Crippen LogP contribution in [0.15, 0.2) is 18.3 Å². The van der Waals surface area contributed by atoms with Gasteiger partial charge in [-0.05, 0) is 45.7 Å². The summed E-state index contributed by atoms with van der Waals surface area (Å²) >= 11 is 0. The highest BCUT2D eigenvalue weighted by atomic mass is 16.3. The lowest BCUT2D eigenvalue weighted by Crippen LogP contribution is -2.38. The molecule has 0 amide bonds. The molecule has 0 aromatic carbocycles. The lowest BCUT2D eigenvalue weighted by Gasteiger charge is -2.33. The van der Waals surface area contributed by atoms with Crippen LogP contribution in [0.25, 0.3) is 0 Å². The van der Waals surface area contributed by atoms with E-state index in [9.17, 15) is 5.11 Å². The SMILES string of the molecule is C[C@@H](O)c1ccc(N2CCCC2(C)C)cn1. The molecule has 0 saturated carbocycles. The number of pyridine rings is 1. The van der Waals surface area contributed by atoms with Crippen molar-refractivity contribution in [2.75, 3.05) is 11.4 Å². The molecule has 1 aliphatic heterocycles. The maximum atomic E-state index is 9.41. The number of rotatable bonds is 2. The van der Waals surface area contributed by atoms with Crippen LogP contribution in [-0.2, 0) is 0 Å². The third kappa shape index (κ3) is 2.05. The van der Waals surface area contributed by atoms with Crippen molar-refractivity contribution in [1.29, 1.82) is 0 Å². The molecule has 1 aromatic heterocycles. The summed E-state index contributed by atoms with van der Waals surface area (Å²) in [5, 5.41) is 9.41. The Morgan fingerprint density at radius 1 is 1.44 bits per heavy atom. The maximum absolute atomic E-state index is 9.41. The van der Waals surface area contributed by atoms with E-state index in [-0.39, 0.29) is 5.54 Å². The largest absolute Gasteiger partial charge is 0.387 e. The molecule has 0 radical (unpaired) electrons. The molecule has 3 nitrogen and oxygen atoms in total. The fraction of sp³-hybridized carbons (Fsp3) is 0.615. The summed E-state index contributed by atoms with van der Waals surface area (Å²) in [6, 6.07) is 3.97. The van der Waals surface area contributed by atoms with Gasteiger partial charge in [-0.15, -0.1) is 0 Å². The zero-order valence-electron chi connectivity index (χ0n) is 10.3. The van der Waals surface area contributed by atoms with Crippen molar-refractivity contribution >= 4 is 5.69 Å². The number of hydrogen-bond donors (Lipinski definition) is 1. The fourth-order valence-electron chi connectivity index (χ4n) is 2.39. The number of nitrogens with zero attached hydrogens (tertiary/aromatic N) is 2. The summed E-state index contributed by atoms with van der Waals surface area (Å²) in [4.78, 5) is 6.69. The molecule has 1 aromatic rings. The Morgan fingerprint density at radius 2 is 2.19 bits per heavy atom. The number of aliphatic hydroxyl groups is 1. The van der Waals surface area contributed by atoms with E-state index in [0.717, 1.165) is 17.9 Å². The van der Waals surface area contributed by atoms with Crippen LogP contribution >= 0.6 is 0 Å². The standard InChI is InChI=1S/C13H20N2O/c1-10(16)12-6-5-11(9-14-12)15-8-4-7-13(15,2)3/h5-6,9-10,16H,4,7-8H2,1-3H3/t10-/m1/s1. The van der Waals surface area contributed by atoms with Gasteiger partial charge in [0.1, 0.15) is 0 Å². The smallest absolute Gasteiger partial charge is 0.0931 e. The lowest BCUT2D eigenvalue weighted by molar-refractivity contribution is 0.194. The molecule has 1 N–H and O–H groups in total. The minimum absolute atomic E-state index is 0.230. The molecule has 0 spiro atoms. The average molecular weight is 220 g/mol. The number of aliphatic hydroxyl groups excluding tert-OH is 1. The predicted octanol–water partition coefficient (Wildman–Crippen LogP) is 2.51. The summed E-state index contributed by atoms with van der Waals surface area (Å²) < 4.78 is 0. The Labute approximate surface area is 97.1 Å². The Kier molecular flexibility index (Phi) is 2.89. The van der Waals surface area contributed by atoms with Crippen LogP contribution in [-0.4, -0.2) is 22.2 Å². The summed E-state index contributed by atoms with van der Waals surface area (Å²) in [6.07, 6.45) is 3.85. The monoisotopic (exact) mass is 220 g/mol. The molecule has 0 unspecified atom stereocenters. The van der Waals surface area contributed by atoms with E-state index < -0.39 is 6.10 Å². The van der Waals surface area contributed by atoms with Crippen molar-refractivity contribution in [3.63, 3.8) is 0 Å². The van der Waals surface area contributed by atoms with Crippen LogP contribution in [0.4, 0.5) is 5.69 Å². The first-order chi connectivity index (χ1) is 7.50. The minimum atomic E-state index is -0.486. The highest BCUT2D eigenvalue weighted by Gasteiger charge is 2.31. The summed E-state index contributed by atoms with van der Waals surface area (Å²) in [5.74, 6) is 0. The second kappa shape index (κ2) is 4.06. The average Bonchev–Trinajstić information content (AvgIpc) is 2.58. The van der Waals surface area contributed by atoms with E-state index in [2.05, 4.69) is 29.8 Å². The Morgan fingerprint density at radius 3 is 2.62 bits per heavy atom. The van der Waals surface area contributed by atoms with Gasteiger partial charge in [-0.1, -0.05) is 0 Å². The first-order valence-electron chi connectivity index (χ1n) is 5.92. The maximum Gasteiger partial charge on any atom is 0.0931 e. The van der Waals surface area contributed by atoms with Gasteiger partial charge in [0.05, 0.1) is 23.7 Å². The molecule has 2 heterocycles. The van der Waals surface area contributed by atoms with Crippen molar-refractivity contribution in [3.05, 3.63) is 24.0 Å². The summed E-state index contributed by atoms with van der Waals surface area (Å²) in [7, 11) is 0. The van der Waals surface area contributed by atoms with Crippen LogP contribution in [0.3, 0.4) is 0 Å². The minimum Gasteiger partial charge on any atom is -0.387 e. The van der Waals surface area contributed by atoms with Gasteiger partial charge in [0.15, 0.2) is 0 Å². The highest BCUT2D eigenvalue weighted by Crippen LogP contribution is 2.33.